The number of aromatic amines is 2. The fourth-order valence-corrected chi connectivity index (χ4v) is 2.05. The van der Waals surface area contributed by atoms with Gasteiger partial charge in [0.05, 0.1) is 10.6 Å². The monoisotopic (exact) mass is 196 g/mol. The maximum absolute atomic E-state index is 4.93. The van der Waals surface area contributed by atoms with E-state index in [1.807, 2.05) is 6.20 Å². The zero-order valence-electron chi connectivity index (χ0n) is 6.55. The molecule has 2 nitrogen and oxygen atoms in total. The Morgan fingerprint density at radius 2 is 2.25 bits per heavy atom. The molecule has 0 saturated carbocycles. The van der Waals surface area contributed by atoms with Crippen molar-refractivity contribution in [2.24, 2.45) is 0 Å². The Balaban J connectivity index is 2.50. The van der Waals surface area contributed by atoms with Crippen molar-refractivity contribution in [3.8, 4) is 10.6 Å². The van der Waals surface area contributed by atoms with Crippen molar-refractivity contribution in [1.29, 1.82) is 0 Å². The summed E-state index contributed by atoms with van der Waals surface area (Å²) >= 11 is 6.69. The Hall–Kier alpha value is -0.870. The highest BCUT2D eigenvalue weighted by Crippen LogP contribution is 2.25. The highest BCUT2D eigenvalue weighted by molar-refractivity contribution is 7.71. The largest absolute Gasteiger partial charge is 0.337 e. The first-order valence-corrected chi connectivity index (χ1v) is 4.83. The van der Waals surface area contributed by atoms with E-state index < -0.39 is 0 Å². The Bertz CT molecular complexity index is 436. The number of aromatic nitrogens is 2. The van der Waals surface area contributed by atoms with Crippen molar-refractivity contribution in [3.05, 3.63) is 28.0 Å². The smallest absolute Gasteiger partial charge is 0.174 e. The minimum Gasteiger partial charge on any atom is -0.337 e. The summed E-state index contributed by atoms with van der Waals surface area (Å²) in [5, 5.41) is 0. The van der Waals surface area contributed by atoms with E-state index in [1.165, 1.54) is 9.75 Å². The quantitative estimate of drug-likeness (QED) is 0.675. The molecule has 0 aliphatic carbocycles. The van der Waals surface area contributed by atoms with Crippen LogP contribution in [0.15, 0.2) is 18.3 Å². The number of aryl methyl sites for hydroxylation is 1. The summed E-state index contributed by atoms with van der Waals surface area (Å²) in [4.78, 5) is 8.55. The standard InChI is InChI=1S/C8H8N2S2/c1-5-2-3-7(12-5)6-4-9-8(11)10-6/h2-4H,1H3,(H2,9,10,11). The third kappa shape index (κ3) is 1.35. The van der Waals surface area contributed by atoms with Gasteiger partial charge in [-0.2, -0.15) is 0 Å². The molecule has 0 spiro atoms. The highest BCUT2D eigenvalue weighted by Gasteiger charge is 2.00. The predicted octanol–water partition coefficient (Wildman–Crippen LogP) is 3.11. The second kappa shape index (κ2) is 2.88. The molecule has 12 heavy (non-hydrogen) atoms. The van der Waals surface area contributed by atoms with Crippen LogP contribution in [0.1, 0.15) is 4.88 Å². The lowest BCUT2D eigenvalue weighted by Crippen LogP contribution is -1.67. The number of rotatable bonds is 1. The Labute approximate surface area is 79.3 Å². The molecule has 0 bridgehead atoms. The molecule has 2 heterocycles. The van der Waals surface area contributed by atoms with Gasteiger partial charge in [-0.1, -0.05) is 0 Å². The second-order valence-electron chi connectivity index (χ2n) is 2.57. The van der Waals surface area contributed by atoms with E-state index in [4.69, 9.17) is 12.2 Å². The topological polar surface area (TPSA) is 31.6 Å². The summed E-state index contributed by atoms with van der Waals surface area (Å²) in [5.74, 6) is 0. The van der Waals surface area contributed by atoms with Crippen molar-refractivity contribution in [2.75, 3.05) is 0 Å². The third-order valence-electron chi connectivity index (χ3n) is 1.60. The van der Waals surface area contributed by atoms with Gasteiger partial charge in [0.15, 0.2) is 4.77 Å². The zero-order chi connectivity index (χ0) is 8.55. The molecule has 62 valence electrons. The third-order valence-corrected chi connectivity index (χ3v) is 2.86. The molecule has 0 radical (unpaired) electrons. The number of hydrogen-bond acceptors (Lipinski definition) is 2. The summed E-state index contributed by atoms with van der Waals surface area (Å²) < 4.78 is 0.677. The van der Waals surface area contributed by atoms with Crippen molar-refractivity contribution in [2.45, 2.75) is 6.92 Å². The molecule has 0 atom stereocenters. The minimum atomic E-state index is 0.677. The van der Waals surface area contributed by atoms with Gasteiger partial charge < -0.3 is 9.97 Å². The maximum atomic E-state index is 4.93. The van der Waals surface area contributed by atoms with E-state index in [-0.39, 0.29) is 0 Å². The van der Waals surface area contributed by atoms with Gasteiger partial charge in [0.2, 0.25) is 0 Å². The molecule has 2 aromatic heterocycles. The van der Waals surface area contributed by atoms with Crippen molar-refractivity contribution < 1.29 is 0 Å². The van der Waals surface area contributed by atoms with Crippen LogP contribution in [-0.4, -0.2) is 9.97 Å². The van der Waals surface area contributed by atoms with Crippen LogP contribution in [-0.2, 0) is 0 Å². The fourth-order valence-electron chi connectivity index (χ4n) is 1.04. The average Bonchev–Trinajstić information content (AvgIpc) is 2.58. The first-order chi connectivity index (χ1) is 5.75. The molecular formula is C8H8N2S2. The lowest BCUT2D eigenvalue weighted by atomic mass is 10.4. The molecule has 0 aromatic carbocycles. The van der Waals surface area contributed by atoms with E-state index in [0.717, 1.165) is 5.69 Å². The zero-order valence-corrected chi connectivity index (χ0v) is 8.18. The van der Waals surface area contributed by atoms with Gasteiger partial charge in [0.25, 0.3) is 0 Å². The van der Waals surface area contributed by atoms with Crippen LogP contribution in [0, 0.1) is 11.7 Å². The number of imidazole rings is 1. The van der Waals surface area contributed by atoms with Gasteiger partial charge in [-0.3, -0.25) is 0 Å². The van der Waals surface area contributed by atoms with Crippen LogP contribution in [0.2, 0.25) is 0 Å². The molecule has 4 heteroatoms. The van der Waals surface area contributed by atoms with E-state index in [9.17, 15) is 0 Å². The van der Waals surface area contributed by atoms with Crippen LogP contribution in [0.5, 0.6) is 0 Å². The lowest BCUT2D eigenvalue weighted by Gasteiger charge is -1.86. The van der Waals surface area contributed by atoms with Crippen molar-refractivity contribution in [1.82, 2.24) is 9.97 Å². The molecule has 0 fully saturated rings. The van der Waals surface area contributed by atoms with Gasteiger partial charge in [-0.15, -0.1) is 11.3 Å². The molecule has 2 rings (SSSR count). The van der Waals surface area contributed by atoms with E-state index in [1.54, 1.807) is 11.3 Å². The minimum absolute atomic E-state index is 0.677. The predicted molar refractivity (Wildman–Crippen MR) is 54.0 cm³/mol. The summed E-state index contributed by atoms with van der Waals surface area (Å²) in [5.41, 5.74) is 1.07. The Kier molecular flexibility index (Phi) is 1.86. The number of thiophene rings is 1. The van der Waals surface area contributed by atoms with Crippen LogP contribution in [0.3, 0.4) is 0 Å². The summed E-state index contributed by atoms with van der Waals surface area (Å²) in [6, 6.07) is 4.19. The number of hydrogen-bond donors (Lipinski definition) is 2. The molecular weight excluding hydrogens is 188 g/mol. The number of nitrogens with one attached hydrogen (secondary N) is 2. The summed E-state index contributed by atoms with van der Waals surface area (Å²) in [6.45, 7) is 2.09. The Morgan fingerprint density at radius 3 is 2.75 bits per heavy atom. The van der Waals surface area contributed by atoms with Crippen molar-refractivity contribution >= 4 is 23.6 Å². The van der Waals surface area contributed by atoms with Crippen LogP contribution in [0.25, 0.3) is 10.6 Å². The van der Waals surface area contributed by atoms with Gasteiger partial charge in [0, 0.05) is 11.1 Å². The second-order valence-corrected chi connectivity index (χ2v) is 4.26. The highest BCUT2D eigenvalue weighted by atomic mass is 32.1. The first-order valence-electron chi connectivity index (χ1n) is 3.60. The molecule has 0 amide bonds. The van der Waals surface area contributed by atoms with E-state index in [0.29, 0.717) is 4.77 Å². The summed E-state index contributed by atoms with van der Waals surface area (Å²) in [7, 11) is 0. The fraction of sp³-hybridized carbons (Fsp3) is 0.125. The molecule has 0 aliphatic rings. The first kappa shape index (κ1) is 7.76. The van der Waals surface area contributed by atoms with E-state index in [2.05, 4.69) is 29.0 Å². The molecule has 2 N–H and O–H groups in total. The molecule has 0 unspecified atom stereocenters. The molecule has 2 aromatic rings. The van der Waals surface area contributed by atoms with Crippen LogP contribution < -0.4 is 0 Å². The van der Waals surface area contributed by atoms with Gasteiger partial charge >= 0.3 is 0 Å². The molecule has 0 saturated heterocycles. The van der Waals surface area contributed by atoms with E-state index >= 15 is 0 Å². The Morgan fingerprint density at radius 1 is 1.42 bits per heavy atom. The summed E-state index contributed by atoms with van der Waals surface area (Å²) in [6.07, 6.45) is 1.90. The van der Waals surface area contributed by atoms with Crippen LogP contribution >= 0.6 is 23.6 Å². The van der Waals surface area contributed by atoms with Gasteiger partial charge in [-0.05, 0) is 31.3 Å². The lowest BCUT2D eigenvalue weighted by molar-refractivity contribution is 1.27. The van der Waals surface area contributed by atoms with Gasteiger partial charge in [0.1, 0.15) is 0 Å². The van der Waals surface area contributed by atoms with Crippen molar-refractivity contribution in [3.63, 3.8) is 0 Å². The average molecular weight is 196 g/mol. The van der Waals surface area contributed by atoms with Crippen LogP contribution in [0.4, 0.5) is 0 Å². The number of H-pyrrole nitrogens is 2. The van der Waals surface area contributed by atoms with Gasteiger partial charge in [-0.25, -0.2) is 0 Å². The molecule has 0 aliphatic heterocycles. The normalized spacial score (nSPS) is 10.4. The SMILES string of the molecule is Cc1ccc(-c2c[nH]c(=S)[nH]2)s1. The maximum Gasteiger partial charge on any atom is 0.174 e.